The average molecular weight is 476 g/mol. The molecule has 1 aromatic heterocycles. The van der Waals surface area contributed by atoms with Crippen molar-refractivity contribution in [3.05, 3.63) is 50.8 Å². The second kappa shape index (κ2) is 8.81. The number of nitro groups is 1. The molecule has 0 aliphatic rings. The molecule has 10 nitrogen and oxygen atoms in total. The maximum Gasteiger partial charge on any atom is 0.286 e. The van der Waals surface area contributed by atoms with Crippen LogP contribution in [0.5, 0.6) is 11.5 Å². The van der Waals surface area contributed by atoms with Gasteiger partial charge in [0, 0.05) is 12.3 Å². The monoisotopic (exact) mass is 475 g/mol. The van der Waals surface area contributed by atoms with Crippen molar-refractivity contribution in [2.24, 2.45) is 4.99 Å². The van der Waals surface area contributed by atoms with Crippen molar-refractivity contribution in [3.8, 4) is 23.8 Å². The number of hydrogen-bond acceptors (Lipinski definition) is 8. The summed E-state index contributed by atoms with van der Waals surface area (Å²) in [5.74, 6) is 1.79. The number of nitrogens with zero attached hydrogens (tertiary/aromatic N) is 3. The zero-order valence-corrected chi connectivity index (χ0v) is 18.8. The second-order valence-electron chi connectivity index (χ2n) is 6.48. The number of hydrogen-bond donors (Lipinski definition) is 0. The average Bonchev–Trinajstić information content (AvgIpc) is 3.08. The van der Waals surface area contributed by atoms with Crippen LogP contribution >= 0.6 is 11.3 Å². The number of amides is 1. The lowest BCUT2D eigenvalue weighted by Crippen LogP contribution is -2.17. The zero-order valence-electron chi connectivity index (χ0n) is 17.2. The predicted octanol–water partition coefficient (Wildman–Crippen LogP) is 2.41. The normalized spacial score (nSPS) is 11.9. The number of nitro benzene ring substituents is 1. The van der Waals surface area contributed by atoms with E-state index in [0.717, 1.165) is 23.7 Å². The molecule has 1 amide bonds. The van der Waals surface area contributed by atoms with Crippen LogP contribution in [0.2, 0.25) is 0 Å². The molecule has 0 N–H and O–H groups in total. The molecule has 3 rings (SSSR count). The van der Waals surface area contributed by atoms with Crippen molar-refractivity contribution in [3.63, 3.8) is 0 Å². The molecule has 0 bridgehead atoms. The number of carbonyl (C=O) groups excluding carboxylic acids is 1. The molecule has 12 heteroatoms. The molecule has 0 unspecified atom stereocenters. The van der Waals surface area contributed by atoms with Crippen molar-refractivity contribution < 1.29 is 27.6 Å². The largest absolute Gasteiger partial charge is 0.493 e. The van der Waals surface area contributed by atoms with Gasteiger partial charge < -0.3 is 14.0 Å². The van der Waals surface area contributed by atoms with E-state index < -0.39 is 26.4 Å². The minimum absolute atomic E-state index is 0.0539. The van der Waals surface area contributed by atoms with Crippen LogP contribution < -0.4 is 14.3 Å². The minimum Gasteiger partial charge on any atom is -0.493 e. The summed E-state index contributed by atoms with van der Waals surface area (Å²) in [5.41, 5.74) is -0.219. The van der Waals surface area contributed by atoms with E-state index in [9.17, 15) is 23.3 Å². The Morgan fingerprint density at radius 1 is 1.25 bits per heavy atom. The smallest absolute Gasteiger partial charge is 0.286 e. The van der Waals surface area contributed by atoms with Gasteiger partial charge in [-0.2, -0.15) is 4.99 Å². The molecule has 0 aliphatic heterocycles. The van der Waals surface area contributed by atoms with Gasteiger partial charge in [0.05, 0.1) is 46.9 Å². The number of fused-ring (bicyclic) bond motifs is 1. The second-order valence-corrected chi connectivity index (χ2v) is 9.50. The Hall–Kier alpha value is -3.69. The van der Waals surface area contributed by atoms with Crippen LogP contribution in [-0.4, -0.2) is 44.3 Å². The van der Waals surface area contributed by atoms with E-state index in [0.29, 0.717) is 10.2 Å². The van der Waals surface area contributed by atoms with Gasteiger partial charge in [0.2, 0.25) is 0 Å². The highest BCUT2D eigenvalue weighted by Gasteiger charge is 2.25. The van der Waals surface area contributed by atoms with Crippen molar-refractivity contribution in [1.82, 2.24) is 4.57 Å². The molecule has 32 heavy (non-hydrogen) atoms. The number of carbonyl (C=O) groups is 1. The minimum atomic E-state index is -3.45. The quantitative estimate of drug-likeness (QED) is 0.304. The molecule has 0 fully saturated rings. The van der Waals surface area contributed by atoms with Crippen LogP contribution in [0.25, 0.3) is 10.2 Å². The molecular formula is C20H17N3O7S2. The Kier molecular flexibility index (Phi) is 6.33. The van der Waals surface area contributed by atoms with E-state index in [4.69, 9.17) is 15.9 Å². The van der Waals surface area contributed by atoms with Gasteiger partial charge >= 0.3 is 0 Å². The predicted molar refractivity (Wildman–Crippen MR) is 118 cm³/mol. The standard InChI is InChI=1S/C20H17N3O7S2/c1-5-8-22-14-7-6-12(32(4,27)28)9-18(14)31-20(22)21-19(24)13-10-16(29-2)17(30-3)11-15(13)23(25)26/h1,6-7,9-11H,8H2,2-4H3. The van der Waals surface area contributed by atoms with Crippen molar-refractivity contribution in [2.45, 2.75) is 11.4 Å². The third kappa shape index (κ3) is 4.34. The number of methoxy groups -OCH3 is 2. The fourth-order valence-corrected chi connectivity index (χ4v) is 4.74. The fourth-order valence-electron chi connectivity index (χ4n) is 2.95. The van der Waals surface area contributed by atoms with Crippen molar-refractivity contribution in [2.75, 3.05) is 20.5 Å². The fraction of sp³-hybridized carbons (Fsp3) is 0.200. The number of rotatable bonds is 6. The lowest BCUT2D eigenvalue weighted by atomic mass is 10.1. The van der Waals surface area contributed by atoms with Gasteiger partial charge in [0.15, 0.2) is 26.1 Å². The van der Waals surface area contributed by atoms with E-state index in [2.05, 4.69) is 10.9 Å². The lowest BCUT2D eigenvalue weighted by Gasteiger charge is -2.08. The van der Waals surface area contributed by atoms with E-state index in [1.165, 1.54) is 32.4 Å². The molecule has 166 valence electrons. The number of sulfone groups is 1. The molecule has 0 saturated heterocycles. The highest BCUT2D eigenvalue weighted by Crippen LogP contribution is 2.34. The van der Waals surface area contributed by atoms with Gasteiger partial charge in [-0.1, -0.05) is 17.3 Å². The van der Waals surface area contributed by atoms with Gasteiger partial charge in [0.25, 0.3) is 11.6 Å². The summed E-state index contributed by atoms with van der Waals surface area (Å²) in [6.07, 6.45) is 6.53. The maximum absolute atomic E-state index is 12.9. The lowest BCUT2D eigenvalue weighted by molar-refractivity contribution is -0.385. The summed E-state index contributed by atoms with van der Waals surface area (Å²) >= 11 is 1.04. The summed E-state index contributed by atoms with van der Waals surface area (Å²) in [5, 5.41) is 11.5. The summed E-state index contributed by atoms with van der Waals surface area (Å²) < 4.78 is 36.0. The first-order chi connectivity index (χ1) is 15.1. The Morgan fingerprint density at radius 3 is 2.47 bits per heavy atom. The van der Waals surface area contributed by atoms with Crippen molar-refractivity contribution >= 4 is 43.0 Å². The van der Waals surface area contributed by atoms with E-state index in [-0.39, 0.29) is 33.3 Å². The van der Waals surface area contributed by atoms with Crippen LogP contribution in [0.15, 0.2) is 40.2 Å². The van der Waals surface area contributed by atoms with E-state index in [1.54, 1.807) is 10.6 Å². The number of terminal acetylenes is 1. The molecule has 0 spiro atoms. The number of benzene rings is 2. The van der Waals surface area contributed by atoms with Gasteiger partial charge in [-0.05, 0) is 18.2 Å². The first-order valence-electron chi connectivity index (χ1n) is 8.87. The van der Waals surface area contributed by atoms with Crippen LogP contribution in [0.1, 0.15) is 10.4 Å². The number of aromatic nitrogens is 1. The highest BCUT2D eigenvalue weighted by molar-refractivity contribution is 7.90. The first-order valence-corrected chi connectivity index (χ1v) is 11.6. The Morgan fingerprint density at radius 2 is 1.91 bits per heavy atom. The van der Waals surface area contributed by atoms with E-state index in [1.807, 2.05) is 0 Å². The van der Waals surface area contributed by atoms with Crippen LogP contribution in [0.4, 0.5) is 5.69 Å². The Labute approximate surface area is 186 Å². The van der Waals surface area contributed by atoms with Crippen LogP contribution in [0.3, 0.4) is 0 Å². The van der Waals surface area contributed by atoms with Gasteiger partial charge in [0.1, 0.15) is 5.56 Å². The van der Waals surface area contributed by atoms with Crippen LogP contribution in [-0.2, 0) is 16.4 Å². The maximum atomic E-state index is 12.9. The van der Waals surface area contributed by atoms with Crippen LogP contribution in [0, 0.1) is 22.5 Å². The zero-order chi connectivity index (χ0) is 23.6. The summed E-state index contributed by atoms with van der Waals surface area (Å²) in [6.45, 7) is 0.0539. The summed E-state index contributed by atoms with van der Waals surface area (Å²) in [6, 6.07) is 6.73. The third-order valence-electron chi connectivity index (χ3n) is 4.46. The topological polar surface area (TPSA) is 130 Å². The first kappa shape index (κ1) is 23.0. The highest BCUT2D eigenvalue weighted by atomic mass is 32.2. The summed E-state index contributed by atoms with van der Waals surface area (Å²) in [7, 11) is -0.795. The summed E-state index contributed by atoms with van der Waals surface area (Å²) in [4.78, 5) is 28.1. The molecule has 3 aromatic rings. The third-order valence-corrected chi connectivity index (χ3v) is 6.61. The SMILES string of the molecule is C#CCn1c(=NC(=O)c2cc(OC)c(OC)cc2[N+](=O)[O-])sc2cc(S(C)(=O)=O)ccc21. The molecular weight excluding hydrogens is 458 g/mol. The van der Waals surface area contributed by atoms with Gasteiger partial charge in [-0.15, -0.1) is 6.42 Å². The van der Waals surface area contributed by atoms with Gasteiger partial charge in [-0.25, -0.2) is 8.42 Å². The molecule has 0 aliphatic carbocycles. The Balaban J connectivity index is 2.25. The van der Waals surface area contributed by atoms with E-state index >= 15 is 0 Å². The van der Waals surface area contributed by atoms with Gasteiger partial charge in [-0.3, -0.25) is 14.9 Å². The number of thiazole rings is 1. The molecule has 0 radical (unpaired) electrons. The molecule has 0 atom stereocenters. The molecule has 1 heterocycles. The van der Waals surface area contributed by atoms with Crippen molar-refractivity contribution in [1.29, 1.82) is 0 Å². The number of ether oxygens (including phenoxy) is 2. The molecule has 2 aromatic carbocycles. The molecule has 0 saturated carbocycles. The Bertz CT molecular complexity index is 1460.